The van der Waals surface area contributed by atoms with Gasteiger partial charge in [-0.2, -0.15) is 0 Å². The van der Waals surface area contributed by atoms with E-state index in [4.69, 9.17) is 4.74 Å². The van der Waals surface area contributed by atoms with Crippen LogP contribution >= 0.6 is 0 Å². The van der Waals surface area contributed by atoms with Crippen LogP contribution in [-0.2, 0) is 0 Å². The van der Waals surface area contributed by atoms with Crippen molar-refractivity contribution in [2.24, 2.45) is 0 Å². The van der Waals surface area contributed by atoms with Crippen molar-refractivity contribution >= 4 is 6.08 Å². The van der Waals surface area contributed by atoms with Gasteiger partial charge in [0, 0.05) is 12.3 Å². The Morgan fingerprint density at radius 1 is 1.50 bits per heavy atom. The van der Waals surface area contributed by atoms with Crippen LogP contribution in [0.1, 0.15) is 5.69 Å². The Hall–Kier alpha value is -1.53. The van der Waals surface area contributed by atoms with Gasteiger partial charge in [-0.05, 0) is 12.1 Å². The third kappa shape index (κ3) is 0.714. The zero-order valence-corrected chi connectivity index (χ0v) is 5.24. The maximum absolute atomic E-state index is 5.09. The van der Waals surface area contributed by atoms with Crippen molar-refractivity contribution in [3.05, 3.63) is 36.0 Å². The van der Waals surface area contributed by atoms with Crippen LogP contribution in [0.25, 0.3) is 6.08 Å². The highest BCUT2D eigenvalue weighted by atomic mass is 16.5. The van der Waals surface area contributed by atoms with Crippen molar-refractivity contribution in [2.75, 3.05) is 0 Å². The number of pyridine rings is 1. The maximum atomic E-state index is 5.09. The predicted molar refractivity (Wildman–Crippen MR) is 37.4 cm³/mol. The van der Waals surface area contributed by atoms with E-state index >= 15 is 0 Å². The van der Waals surface area contributed by atoms with E-state index in [1.54, 1.807) is 12.3 Å². The second-order valence-corrected chi connectivity index (χ2v) is 1.93. The highest BCUT2D eigenvalue weighted by molar-refractivity contribution is 5.53. The van der Waals surface area contributed by atoms with Crippen molar-refractivity contribution in [1.29, 1.82) is 0 Å². The first-order valence-corrected chi connectivity index (χ1v) is 2.99. The molecule has 10 heavy (non-hydrogen) atoms. The fourth-order valence-electron chi connectivity index (χ4n) is 0.821. The molecule has 0 saturated carbocycles. The third-order valence-electron chi connectivity index (χ3n) is 1.27. The van der Waals surface area contributed by atoms with Crippen molar-refractivity contribution in [3.63, 3.8) is 0 Å². The molecule has 1 aromatic rings. The first-order valence-electron chi connectivity index (χ1n) is 2.99. The molecule has 2 nitrogen and oxygen atoms in total. The Kier molecular flexibility index (Phi) is 1.06. The molecule has 0 bridgehead atoms. The van der Waals surface area contributed by atoms with Crippen molar-refractivity contribution < 1.29 is 4.74 Å². The molecule has 0 aliphatic carbocycles. The summed E-state index contributed by atoms with van der Waals surface area (Å²) >= 11 is 0. The van der Waals surface area contributed by atoms with Gasteiger partial charge in [0.25, 0.3) is 0 Å². The molecule has 0 atom stereocenters. The lowest BCUT2D eigenvalue weighted by Crippen LogP contribution is -1.90. The van der Waals surface area contributed by atoms with Gasteiger partial charge in [0.15, 0.2) is 5.75 Å². The van der Waals surface area contributed by atoms with Crippen LogP contribution in [0, 0.1) is 0 Å². The van der Waals surface area contributed by atoms with E-state index in [9.17, 15) is 0 Å². The first-order chi connectivity index (χ1) is 4.97. The summed E-state index contributed by atoms with van der Waals surface area (Å²) in [6.45, 7) is 0. The topological polar surface area (TPSA) is 22.1 Å². The molecule has 48 valence electrons. The van der Waals surface area contributed by atoms with Gasteiger partial charge in [0.05, 0.1) is 0 Å². The second-order valence-electron chi connectivity index (χ2n) is 1.93. The zero-order chi connectivity index (χ0) is 6.81. The SMILES string of the molecule is C1=COc2cccnc2C=1. The smallest absolute Gasteiger partial charge is 0.153 e. The number of ether oxygens (including phenoxy) is 1. The van der Waals surface area contributed by atoms with Gasteiger partial charge in [-0.3, -0.25) is 4.98 Å². The number of fused-ring (bicyclic) bond motifs is 1. The molecule has 0 radical (unpaired) electrons. The predicted octanol–water partition coefficient (Wildman–Crippen LogP) is 1.60. The van der Waals surface area contributed by atoms with E-state index in [1.807, 2.05) is 12.1 Å². The molecule has 2 heteroatoms. The van der Waals surface area contributed by atoms with Gasteiger partial charge in [-0.1, -0.05) is 5.73 Å². The van der Waals surface area contributed by atoms with Gasteiger partial charge in [0.1, 0.15) is 12.0 Å². The van der Waals surface area contributed by atoms with E-state index in [0.717, 1.165) is 11.4 Å². The average molecular weight is 131 g/mol. The van der Waals surface area contributed by atoms with Crippen LogP contribution in [0.5, 0.6) is 5.75 Å². The molecular weight excluding hydrogens is 126 g/mol. The van der Waals surface area contributed by atoms with Crippen LogP contribution in [0.3, 0.4) is 0 Å². The van der Waals surface area contributed by atoms with Gasteiger partial charge in [-0.15, -0.1) is 0 Å². The highest BCUT2D eigenvalue weighted by Gasteiger charge is 2.00. The van der Waals surface area contributed by atoms with E-state index in [1.165, 1.54) is 6.26 Å². The maximum Gasteiger partial charge on any atom is 0.153 e. The van der Waals surface area contributed by atoms with Gasteiger partial charge in [-0.25, -0.2) is 0 Å². The fourth-order valence-corrected chi connectivity index (χ4v) is 0.821. The van der Waals surface area contributed by atoms with E-state index in [2.05, 4.69) is 10.7 Å². The summed E-state index contributed by atoms with van der Waals surface area (Å²) in [7, 11) is 0. The minimum atomic E-state index is 0.793. The van der Waals surface area contributed by atoms with Crippen LogP contribution in [0.2, 0.25) is 0 Å². The number of aromatic nitrogens is 1. The van der Waals surface area contributed by atoms with Crippen molar-refractivity contribution in [3.8, 4) is 5.75 Å². The molecule has 0 unspecified atom stereocenters. The van der Waals surface area contributed by atoms with Crippen LogP contribution in [0.15, 0.2) is 30.3 Å². The summed E-state index contributed by atoms with van der Waals surface area (Å²) in [5, 5.41) is 0. The highest BCUT2D eigenvalue weighted by Crippen LogP contribution is 2.18. The normalized spacial score (nSPS) is 12.4. The largest absolute Gasteiger partial charge is 0.454 e. The van der Waals surface area contributed by atoms with Crippen molar-refractivity contribution in [1.82, 2.24) is 4.98 Å². The minimum absolute atomic E-state index is 0.793. The van der Waals surface area contributed by atoms with E-state index < -0.39 is 0 Å². The Labute approximate surface area is 58.5 Å². The lowest BCUT2D eigenvalue weighted by molar-refractivity contribution is 0.476. The van der Waals surface area contributed by atoms with Crippen molar-refractivity contribution in [2.45, 2.75) is 0 Å². The molecule has 1 aliphatic rings. The molecule has 0 spiro atoms. The Balaban J connectivity index is 2.63. The molecule has 2 heterocycles. The quantitative estimate of drug-likeness (QED) is 0.499. The molecular formula is C8H5NO. The monoisotopic (exact) mass is 131 g/mol. The van der Waals surface area contributed by atoms with Crippen LogP contribution in [0.4, 0.5) is 0 Å². The standard InChI is InChI=1S/C8H5NO/c1-4-8-7(9-5-1)3-2-6-10-8/h1,3-6H. The third-order valence-corrected chi connectivity index (χ3v) is 1.27. The molecule has 1 aromatic heterocycles. The first kappa shape index (κ1) is 5.27. The number of nitrogens with zero attached hydrogens (tertiary/aromatic N) is 1. The molecule has 0 amide bonds. The number of hydrogen-bond donors (Lipinski definition) is 0. The molecule has 2 rings (SSSR count). The summed E-state index contributed by atoms with van der Waals surface area (Å²) in [6.07, 6.45) is 5.04. The summed E-state index contributed by atoms with van der Waals surface area (Å²) in [6, 6.07) is 3.71. The number of hydrogen-bond acceptors (Lipinski definition) is 2. The summed E-state index contributed by atoms with van der Waals surface area (Å²) in [4.78, 5) is 4.06. The van der Waals surface area contributed by atoms with Crippen LogP contribution < -0.4 is 4.74 Å². The Bertz CT molecular complexity index is 311. The fraction of sp³-hybridized carbons (Fsp3) is 0. The van der Waals surface area contributed by atoms with E-state index in [0.29, 0.717) is 0 Å². The Morgan fingerprint density at radius 2 is 2.50 bits per heavy atom. The Morgan fingerprint density at radius 3 is 3.40 bits per heavy atom. The minimum Gasteiger partial charge on any atom is -0.454 e. The number of rotatable bonds is 0. The molecule has 0 saturated heterocycles. The van der Waals surface area contributed by atoms with E-state index in [-0.39, 0.29) is 0 Å². The molecule has 1 aliphatic heterocycles. The second kappa shape index (κ2) is 2.01. The lowest BCUT2D eigenvalue weighted by atomic mass is 10.3. The zero-order valence-electron chi connectivity index (χ0n) is 5.24. The van der Waals surface area contributed by atoms with Gasteiger partial charge >= 0.3 is 0 Å². The summed E-state index contributed by atoms with van der Waals surface area (Å²) in [5.41, 5.74) is 3.64. The van der Waals surface area contributed by atoms with Crippen LogP contribution in [-0.4, -0.2) is 4.98 Å². The lowest BCUT2D eigenvalue weighted by Gasteiger charge is -2.03. The molecule has 0 aromatic carbocycles. The average Bonchev–Trinajstić information content (AvgIpc) is 2.05. The molecule has 0 N–H and O–H groups in total. The van der Waals surface area contributed by atoms with Gasteiger partial charge in [0.2, 0.25) is 0 Å². The molecule has 0 fully saturated rings. The van der Waals surface area contributed by atoms with Gasteiger partial charge < -0.3 is 4.74 Å². The summed E-state index contributed by atoms with van der Waals surface area (Å²) in [5.74, 6) is 0.793. The summed E-state index contributed by atoms with van der Waals surface area (Å²) < 4.78 is 5.09.